The Bertz CT molecular complexity index is 375. The largest absolute Gasteiger partial charge is 0.452 e. The van der Waals surface area contributed by atoms with Crippen LogP contribution in [0.3, 0.4) is 0 Å². The summed E-state index contributed by atoms with van der Waals surface area (Å²) in [6.45, 7) is 0. The molecule has 0 N–H and O–H groups in total. The number of hydrogen-bond donors (Lipinski definition) is 0. The molecule has 0 spiro atoms. The highest BCUT2D eigenvalue weighted by Gasteiger charge is 2.27. The zero-order valence-electron chi connectivity index (χ0n) is 6.38. The standard InChI is InChI=1S/C6H5N3O3P/c10-8(11)5-1-3-6(4-2-5)12-9-7-13-9/h1-4,13H/q+1. The molecule has 1 aliphatic rings. The minimum absolute atomic E-state index is 0.0533. The topological polar surface area (TPSA) is 67.7 Å². The summed E-state index contributed by atoms with van der Waals surface area (Å²) in [5.41, 5.74) is 0.0533. The lowest BCUT2D eigenvalue weighted by molar-refractivity contribution is -0.624. The Morgan fingerprint density at radius 3 is 2.54 bits per heavy atom. The van der Waals surface area contributed by atoms with Gasteiger partial charge in [-0.25, -0.2) is 4.84 Å². The van der Waals surface area contributed by atoms with Crippen molar-refractivity contribution in [1.29, 1.82) is 0 Å². The van der Waals surface area contributed by atoms with Crippen molar-refractivity contribution in [1.82, 2.24) is 0 Å². The van der Waals surface area contributed by atoms with Crippen molar-refractivity contribution in [3.8, 4) is 5.75 Å². The Morgan fingerprint density at radius 1 is 1.46 bits per heavy atom. The number of nitro groups is 1. The van der Waals surface area contributed by atoms with E-state index in [1.54, 1.807) is 0 Å². The third-order valence-electron chi connectivity index (χ3n) is 1.42. The average Bonchev–Trinajstić information content (AvgIpc) is 2.89. The van der Waals surface area contributed by atoms with Crippen LogP contribution >= 0.6 is 8.88 Å². The highest BCUT2D eigenvalue weighted by molar-refractivity contribution is 7.32. The van der Waals surface area contributed by atoms with Crippen LogP contribution in [0.25, 0.3) is 0 Å². The zero-order chi connectivity index (χ0) is 9.26. The molecule has 0 aromatic heterocycles. The molecule has 1 unspecified atom stereocenters. The molecule has 0 aliphatic carbocycles. The van der Waals surface area contributed by atoms with E-state index in [0.717, 1.165) is 0 Å². The molecular weight excluding hydrogens is 193 g/mol. The summed E-state index contributed by atoms with van der Waals surface area (Å²) in [4.78, 5) is 18.7. The summed E-state index contributed by atoms with van der Waals surface area (Å²) in [7, 11) is 0.345. The number of nitrogens with zero attached hydrogens (tertiary/aromatic N) is 3. The molecule has 1 heterocycles. The van der Waals surface area contributed by atoms with Gasteiger partial charge in [-0.1, -0.05) is 0 Å². The molecule has 0 saturated heterocycles. The summed E-state index contributed by atoms with van der Waals surface area (Å²) < 4.78 is 1.42. The SMILES string of the molecule is O=[N+]([O-])c1ccc(O[N+]2=NP2)cc1. The molecule has 0 bridgehead atoms. The van der Waals surface area contributed by atoms with Gasteiger partial charge in [-0.3, -0.25) is 10.1 Å². The van der Waals surface area contributed by atoms with Gasteiger partial charge in [0.1, 0.15) is 9.52 Å². The molecule has 1 aliphatic heterocycles. The molecule has 13 heavy (non-hydrogen) atoms. The van der Waals surface area contributed by atoms with Gasteiger partial charge >= 0.3 is 8.88 Å². The smallest absolute Gasteiger partial charge is 0.258 e. The Labute approximate surface area is 74.8 Å². The first-order valence-corrected chi connectivity index (χ1v) is 4.34. The quantitative estimate of drug-likeness (QED) is 0.423. The molecule has 2 rings (SSSR count). The highest BCUT2D eigenvalue weighted by Crippen LogP contribution is 2.32. The van der Waals surface area contributed by atoms with Crippen LogP contribution in [-0.2, 0) is 0 Å². The Kier molecular flexibility index (Phi) is 1.90. The third-order valence-corrected chi connectivity index (χ3v) is 1.88. The monoisotopic (exact) mass is 198 g/mol. The molecule has 1 atom stereocenters. The first-order chi connectivity index (χ1) is 6.25. The van der Waals surface area contributed by atoms with E-state index in [4.69, 9.17) is 4.84 Å². The molecule has 1 aromatic carbocycles. The molecular formula is C6H5N3O3P+. The fourth-order valence-electron chi connectivity index (χ4n) is 0.788. The average molecular weight is 198 g/mol. The fourth-order valence-corrected chi connectivity index (χ4v) is 1.01. The minimum atomic E-state index is -0.451. The second-order valence-corrected chi connectivity index (χ2v) is 3.10. The van der Waals surface area contributed by atoms with Crippen LogP contribution in [0.2, 0.25) is 0 Å². The van der Waals surface area contributed by atoms with Crippen LogP contribution in [0.15, 0.2) is 29.2 Å². The second-order valence-electron chi connectivity index (χ2n) is 2.32. The molecule has 0 saturated carbocycles. The first kappa shape index (κ1) is 8.07. The van der Waals surface area contributed by atoms with Crippen molar-refractivity contribution in [2.24, 2.45) is 4.88 Å². The maximum atomic E-state index is 10.3. The second kappa shape index (κ2) is 3.06. The predicted octanol–water partition coefficient (Wildman–Crippen LogP) is 1.88. The number of non-ortho nitro benzene ring substituents is 1. The van der Waals surface area contributed by atoms with Gasteiger partial charge in [0.15, 0.2) is 0 Å². The number of hydrogen-bond acceptors (Lipinski definition) is 4. The van der Waals surface area contributed by atoms with Gasteiger partial charge in [-0.05, 0) is 12.1 Å². The molecule has 7 heteroatoms. The van der Waals surface area contributed by atoms with E-state index >= 15 is 0 Å². The van der Waals surface area contributed by atoms with E-state index in [1.807, 2.05) is 0 Å². The van der Waals surface area contributed by atoms with Gasteiger partial charge in [-0.15, -0.1) is 0 Å². The third kappa shape index (κ3) is 1.97. The summed E-state index contributed by atoms with van der Waals surface area (Å²) in [5.74, 6) is 0.555. The zero-order valence-corrected chi connectivity index (χ0v) is 7.38. The van der Waals surface area contributed by atoms with Crippen molar-refractivity contribution < 1.29 is 14.4 Å². The summed E-state index contributed by atoms with van der Waals surface area (Å²) >= 11 is 0. The van der Waals surface area contributed by atoms with E-state index < -0.39 is 4.92 Å². The van der Waals surface area contributed by atoms with Crippen molar-refractivity contribution >= 4 is 14.6 Å². The normalized spacial score (nSPS) is 15.2. The van der Waals surface area contributed by atoms with Crippen LogP contribution in [0.1, 0.15) is 0 Å². The number of nitro benzene ring substituents is 1. The maximum Gasteiger partial charge on any atom is 0.452 e. The Hall–Kier alpha value is -1.55. The van der Waals surface area contributed by atoms with Gasteiger partial charge < -0.3 is 0 Å². The van der Waals surface area contributed by atoms with E-state index in [-0.39, 0.29) is 5.69 Å². The lowest BCUT2D eigenvalue weighted by atomic mass is 10.3. The lowest BCUT2D eigenvalue weighted by Crippen LogP contribution is -1.93. The van der Waals surface area contributed by atoms with Crippen LogP contribution in [-0.4, -0.2) is 9.55 Å². The molecule has 0 amide bonds. The maximum absolute atomic E-state index is 10.3. The van der Waals surface area contributed by atoms with Gasteiger partial charge in [-0.2, -0.15) is 0 Å². The first-order valence-electron chi connectivity index (χ1n) is 3.44. The van der Waals surface area contributed by atoms with Gasteiger partial charge in [0, 0.05) is 12.1 Å². The van der Waals surface area contributed by atoms with Crippen LogP contribution in [0.5, 0.6) is 5.75 Å². The van der Waals surface area contributed by atoms with E-state index in [0.29, 0.717) is 14.6 Å². The molecule has 6 nitrogen and oxygen atoms in total. The Balaban J connectivity index is 2.12. The van der Waals surface area contributed by atoms with E-state index in [2.05, 4.69) is 4.88 Å². The molecule has 1 aromatic rings. The summed E-state index contributed by atoms with van der Waals surface area (Å²) in [5, 5.41) is 10.3. The van der Waals surface area contributed by atoms with Gasteiger partial charge in [0.05, 0.1) is 4.92 Å². The van der Waals surface area contributed by atoms with Gasteiger partial charge in [0.2, 0.25) is 5.75 Å². The van der Waals surface area contributed by atoms with Crippen LogP contribution in [0.4, 0.5) is 5.69 Å². The van der Waals surface area contributed by atoms with E-state index in [9.17, 15) is 10.1 Å². The van der Waals surface area contributed by atoms with Crippen molar-refractivity contribution in [2.45, 2.75) is 0 Å². The van der Waals surface area contributed by atoms with Crippen LogP contribution in [0, 0.1) is 10.1 Å². The molecule has 66 valence electrons. The predicted molar refractivity (Wildman–Crippen MR) is 44.7 cm³/mol. The van der Waals surface area contributed by atoms with Crippen molar-refractivity contribution in [3.05, 3.63) is 34.4 Å². The Morgan fingerprint density at radius 2 is 2.08 bits per heavy atom. The van der Waals surface area contributed by atoms with Crippen molar-refractivity contribution in [2.75, 3.05) is 0 Å². The van der Waals surface area contributed by atoms with Crippen molar-refractivity contribution in [3.63, 3.8) is 0 Å². The molecule has 0 fully saturated rings. The molecule has 0 radical (unpaired) electrons. The number of rotatable bonds is 3. The van der Waals surface area contributed by atoms with E-state index in [1.165, 1.54) is 28.9 Å². The fraction of sp³-hybridized carbons (Fsp3) is 0. The lowest BCUT2D eigenvalue weighted by Gasteiger charge is -1.91. The summed E-state index contributed by atoms with van der Waals surface area (Å²) in [6.07, 6.45) is 0. The number of benzene rings is 1. The van der Waals surface area contributed by atoms with Crippen LogP contribution < -0.4 is 4.84 Å². The summed E-state index contributed by atoms with van der Waals surface area (Å²) in [6, 6.07) is 5.86. The van der Waals surface area contributed by atoms with Gasteiger partial charge in [0.25, 0.3) is 5.69 Å². The highest BCUT2D eigenvalue weighted by atomic mass is 31.1. The minimum Gasteiger partial charge on any atom is -0.258 e.